The normalized spacial score (nSPS) is 14.2. The summed E-state index contributed by atoms with van der Waals surface area (Å²) >= 11 is 0. The number of nitrogens with one attached hydrogen (secondary N) is 1. The lowest BCUT2D eigenvalue weighted by Crippen LogP contribution is -2.27. The van der Waals surface area contributed by atoms with Crippen molar-refractivity contribution >= 4 is 10.8 Å². The zero-order valence-electron chi connectivity index (χ0n) is 13.2. The minimum Gasteiger partial charge on any atom is -0.309 e. The minimum atomic E-state index is -0.724. The zero-order chi connectivity index (χ0) is 14.8. The highest BCUT2D eigenvalue weighted by Crippen LogP contribution is 2.16. The summed E-state index contributed by atoms with van der Waals surface area (Å²) < 4.78 is 12.1. The summed E-state index contributed by atoms with van der Waals surface area (Å²) in [6, 6.07) is 8.96. The molecule has 0 spiro atoms. The van der Waals surface area contributed by atoms with Gasteiger partial charge in [-0.2, -0.15) is 0 Å². The quantitative estimate of drug-likeness (QED) is 0.710. The van der Waals surface area contributed by atoms with Crippen LogP contribution in [-0.2, 0) is 17.2 Å². The molecule has 0 heterocycles. The van der Waals surface area contributed by atoms with Gasteiger partial charge >= 0.3 is 0 Å². The van der Waals surface area contributed by atoms with E-state index in [1.165, 1.54) is 11.1 Å². The topological polar surface area (TPSA) is 29.1 Å². The van der Waals surface area contributed by atoms with Crippen LogP contribution in [0.2, 0.25) is 0 Å². The first-order valence-corrected chi connectivity index (χ1v) is 9.37. The summed E-state index contributed by atoms with van der Waals surface area (Å²) in [5.74, 6) is 1.55. The van der Waals surface area contributed by atoms with Gasteiger partial charge in [0.15, 0.2) is 0 Å². The van der Waals surface area contributed by atoms with E-state index in [4.69, 9.17) is 0 Å². The lowest BCUT2D eigenvalue weighted by molar-refractivity contribution is 0.569. The van der Waals surface area contributed by atoms with Crippen LogP contribution in [0.15, 0.2) is 24.3 Å². The molecule has 0 aliphatic carbocycles. The van der Waals surface area contributed by atoms with E-state index in [0.29, 0.717) is 0 Å². The summed E-state index contributed by atoms with van der Waals surface area (Å²) in [6.45, 7) is 7.46. The number of unbranched alkanes of at least 4 members (excludes halogenated alkanes) is 1. The summed E-state index contributed by atoms with van der Waals surface area (Å²) in [7, 11) is -0.724. The first-order valence-electron chi connectivity index (χ1n) is 7.88. The van der Waals surface area contributed by atoms with Gasteiger partial charge in [0.25, 0.3) is 0 Å². The van der Waals surface area contributed by atoms with Crippen molar-refractivity contribution < 1.29 is 4.21 Å². The fraction of sp³-hybridized carbons (Fsp3) is 0.647. The lowest BCUT2D eigenvalue weighted by Gasteiger charge is -2.19. The van der Waals surface area contributed by atoms with Crippen molar-refractivity contribution in [2.24, 2.45) is 0 Å². The summed E-state index contributed by atoms with van der Waals surface area (Å²) in [5.41, 5.74) is 2.62. The lowest BCUT2D eigenvalue weighted by atomic mass is 10.0. The van der Waals surface area contributed by atoms with Crippen LogP contribution in [0, 0.1) is 0 Å². The molecule has 0 radical (unpaired) electrons. The van der Waals surface area contributed by atoms with E-state index >= 15 is 0 Å². The highest BCUT2D eigenvalue weighted by molar-refractivity contribution is 7.85. The van der Waals surface area contributed by atoms with Gasteiger partial charge < -0.3 is 5.32 Å². The predicted molar refractivity (Wildman–Crippen MR) is 89.6 cm³/mol. The molecule has 0 saturated carbocycles. The summed E-state index contributed by atoms with van der Waals surface area (Å²) in [6.07, 6.45) is 4.34. The first kappa shape index (κ1) is 17.4. The molecule has 0 fully saturated rings. The number of aryl methyl sites for hydroxylation is 1. The molecule has 3 heteroatoms. The molecule has 1 N–H and O–H groups in total. The van der Waals surface area contributed by atoms with Crippen LogP contribution in [0.25, 0.3) is 0 Å². The maximum atomic E-state index is 12.1. The Bertz CT molecular complexity index is 388. The van der Waals surface area contributed by atoms with E-state index < -0.39 is 10.8 Å². The molecule has 0 aliphatic rings. The van der Waals surface area contributed by atoms with Crippen molar-refractivity contribution in [1.29, 1.82) is 0 Å². The van der Waals surface area contributed by atoms with Crippen LogP contribution in [0.3, 0.4) is 0 Å². The summed E-state index contributed by atoms with van der Waals surface area (Å²) in [4.78, 5) is 0. The average Bonchev–Trinajstić information content (AvgIpc) is 2.49. The van der Waals surface area contributed by atoms with Gasteiger partial charge in [0.05, 0.1) is 0 Å². The number of benzene rings is 1. The molecule has 1 aromatic carbocycles. The largest absolute Gasteiger partial charge is 0.309 e. The Morgan fingerprint density at radius 2 is 1.80 bits per heavy atom. The van der Waals surface area contributed by atoms with E-state index in [1.54, 1.807) is 0 Å². The molecule has 0 amide bonds. The van der Waals surface area contributed by atoms with Crippen molar-refractivity contribution in [1.82, 2.24) is 5.32 Å². The van der Waals surface area contributed by atoms with Gasteiger partial charge in [-0.3, -0.25) is 4.21 Å². The number of hydrogen-bond donors (Lipinski definition) is 1. The van der Waals surface area contributed by atoms with Crippen LogP contribution >= 0.6 is 0 Å². The number of hydrogen-bond acceptors (Lipinski definition) is 2. The third-order valence-electron chi connectivity index (χ3n) is 3.51. The summed E-state index contributed by atoms with van der Waals surface area (Å²) in [5, 5.41) is 3.54. The third kappa shape index (κ3) is 6.19. The maximum Gasteiger partial charge on any atom is 0.0436 e. The van der Waals surface area contributed by atoms with E-state index in [0.717, 1.165) is 43.7 Å². The fourth-order valence-electron chi connectivity index (χ4n) is 2.15. The van der Waals surface area contributed by atoms with Crippen LogP contribution in [0.1, 0.15) is 57.2 Å². The fourth-order valence-corrected chi connectivity index (χ4v) is 3.61. The molecule has 1 rings (SSSR count). The van der Waals surface area contributed by atoms with Gasteiger partial charge in [-0.05, 0) is 36.9 Å². The van der Waals surface area contributed by atoms with E-state index in [9.17, 15) is 4.21 Å². The smallest absolute Gasteiger partial charge is 0.0436 e. The average molecular weight is 295 g/mol. The molecular weight excluding hydrogens is 266 g/mol. The third-order valence-corrected chi connectivity index (χ3v) is 4.96. The molecule has 114 valence electrons. The molecule has 2 atom stereocenters. The van der Waals surface area contributed by atoms with Crippen molar-refractivity contribution in [3.8, 4) is 0 Å². The first-order chi connectivity index (χ1) is 9.71. The van der Waals surface area contributed by atoms with Gasteiger partial charge in [0.2, 0.25) is 0 Å². The number of rotatable bonds is 10. The van der Waals surface area contributed by atoms with E-state index in [2.05, 4.69) is 50.4 Å². The van der Waals surface area contributed by atoms with E-state index in [-0.39, 0.29) is 6.04 Å². The van der Waals surface area contributed by atoms with Gasteiger partial charge in [-0.1, -0.05) is 51.5 Å². The molecule has 0 aliphatic heterocycles. The Morgan fingerprint density at radius 3 is 2.35 bits per heavy atom. The van der Waals surface area contributed by atoms with Gasteiger partial charge in [-0.25, -0.2) is 0 Å². The molecule has 0 saturated heterocycles. The highest BCUT2D eigenvalue weighted by Gasteiger charge is 2.14. The Balaban J connectivity index is 2.68. The Hall–Kier alpha value is -0.670. The maximum absolute atomic E-state index is 12.1. The zero-order valence-corrected chi connectivity index (χ0v) is 14.0. The van der Waals surface area contributed by atoms with Crippen molar-refractivity contribution in [2.75, 3.05) is 18.1 Å². The second-order valence-corrected chi connectivity index (χ2v) is 6.89. The van der Waals surface area contributed by atoms with Crippen molar-refractivity contribution in [2.45, 2.75) is 52.5 Å². The molecule has 0 bridgehead atoms. The van der Waals surface area contributed by atoms with Crippen LogP contribution in [0.5, 0.6) is 0 Å². The van der Waals surface area contributed by atoms with Gasteiger partial charge in [0.1, 0.15) is 0 Å². The monoisotopic (exact) mass is 295 g/mol. The van der Waals surface area contributed by atoms with Crippen LogP contribution in [0.4, 0.5) is 0 Å². The Morgan fingerprint density at radius 1 is 1.10 bits per heavy atom. The Kier molecular flexibility index (Phi) is 8.79. The highest BCUT2D eigenvalue weighted by atomic mass is 32.2. The second-order valence-electron chi connectivity index (χ2n) is 5.27. The second kappa shape index (κ2) is 10.1. The van der Waals surface area contributed by atoms with Crippen LogP contribution < -0.4 is 5.32 Å². The Labute approximate surface area is 126 Å². The van der Waals surface area contributed by atoms with Gasteiger partial charge in [-0.15, -0.1) is 0 Å². The van der Waals surface area contributed by atoms with Crippen molar-refractivity contribution in [3.05, 3.63) is 35.4 Å². The molecule has 20 heavy (non-hydrogen) atoms. The van der Waals surface area contributed by atoms with Gasteiger partial charge in [0, 0.05) is 28.3 Å². The molecule has 2 unspecified atom stereocenters. The van der Waals surface area contributed by atoms with E-state index in [1.807, 2.05) is 0 Å². The molecule has 2 nitrogen and oxygen atoms in total. The van der Waals surface area contributed by atoms with Crippen molar-refractivity contribution in [3.63, 3.8) is 0 Å². The molecule has 1 aromatic rings. The standard InChI is InChI=1S/C17H29NOS/c1-4-7-13-20(19)14-17(18-12-5-2)16-10-8-15(6-3)9-11-16/h8-11,17-18H,4-7,12-14H2,1-3H3. The van der Waals surface area contributed by atoms with Crippen LogP contribution in [-0.4, -0.2) is 22.3 Å². The predicted octanol–water partition coefficient (Wildman–Crippen LogP) is 3.84. The molecule has 0 aromatic heterocycles. The molecular formula is C17H29NOS. The SMILES string of the molecule is CCCCS(=O)CC(NCCC)c1ccc(CC)cc1. The minimum absolute atomic E-state index is 0.221.